The molecule has 1 aliphatic heterocycles. The quantitative estimate of drug-likeness (QED) is 0.766. The number of carbonyl (C=O) groups is 1. The summed E-state index contributed by atoms with van der Waals surface area (Å²) in [5, 5.41) is 10.6. The number of nitrogens with one attached hydrogen (secondary N) is 2. The maximum Gasteiger partial charge on any atom is 0.271 e. The Morgan fingerprint density at radius 1 is 1.14 bits per heavy atom. The molecular formula is C23H32N4O. The average Bonchev–Trinajstić information content (AvgIpc) is 3.41. The second kappa shape index (κ2) is 9.37. The summed E-state index contributed by atoms with van der Waals surface area (Å²) in [5.74, 6) is 0.427. The zero-order valence-electron chi connectivity index (χ0n) is 16.7. The first-order valence-corrected chi connectivity index (χ1v) is 10.9. The van der Waals surface area contributed by atoms with Crippen molar-refractivity contribution in [3.63, 3.8) is 0 Å². The monoisotopic (exact) mass is 380 g/mol. The van der Waals surface area contributed by atoms with Gasteiger partial charge in [-0.2, -0.15) is 5.10 Å². The minimum atomic E-state index is -0.0232. The SMILES string of the molecule is O=C(NC1CCCC1)c1cc(C2CCCN(CCCc3ccccc3)C2)[nH]n1. The Hall–Kier alpha value is -2.14. The second-order valence-electron chi connectivity index (χ2n) is 8.39. The molecule has 1 saturated carbocycles. The van der Waals surface area contributed by atoms with Gasteiger partial charge < -0.3 is 10.2 Å². The minimum absolute atomic E-state index is 0.0232. The molecule has 28 heavy (non-hydrogen) atoms. The minimum Gasteiger partial charge on any atom is -0.348 e. The lowest BCUT2D eigenvalue weighted by Crippen LogP contribution is -2.35. The van der Waals surface area contributed by atoms with Gasteiger partial charge in [0.15, 0.2) is 0 Å². The van der Waals surface area contributed by atoms with Gasteiger partial charge in [0.25, 0.3) is 5.91 Å². The van der Waals surface area contributed by atoms with Gasteiger partial charge in [0.05, 0.1) is 0 Å². The van der Waals surface area contributed by atoms with Crippen molar-refractivity contribution in [3.05, 3.63) is 53.3 Å². The molecule has 0 spiro atoms. The number of benzene rings is 1. The Morgan fingerprint density at radius 2 is 1.96 bits per heavy atom. The molecule has 1 saturated heterocycles. The van der Waals surface area contributed by atoms with Gasteiger partial charge in [-0.15, -0.1) is 0 Å². The summed E-state index contributed by atoms with van der Waals surface area (Å²) in [6, 6.07) is 13.0. The maximum atomic E-state index is 12.4. The first kappa shape index (κ1) is 19.2. The molecule has 0 radical (unpaired) electrons. The molecule has 2 fully saturated rings. The number of hydrogen-bond donors (Lipinski definition) is 2. The summed E-state index contributed by atoms with van der Waals surface area (Å²) < 4.78 is 0. The Bertz CT molecular complexity index is 751. The molecule has 0 bridgehead atoms. The van der Waals surface area contributed by atoms with E-state index in [0.29, 0.717) is 17.7 Å². The molecule has 2 aromatic rings. The van der Waals surface area contributed by atoms with Crippen molar-refractivity contribution in [3.8, 4) is 0 Å². The van der Waals surface area contributed by atoms with Gasteiger partial charge in [0.1, 0.15) is 5.69 Å². The number of rotatable bonds is 7. The molecule has 1 amide bonds. The van der Waals surface area contributed by atoms with Crippen molar-refractivity contribution in [2.45, 2.75) is 63.3 Å². The van der Waals surface area contributed by atoms with E-state index in [1.807, 2.05) is 6.07 Å². The standard InChI is InChI=1S/C23H32N4O/c28-23(24-20-12-4-5-13-20)22-16-21(25-26-22)19-11-7-15-27(17-19)14-6-10-18-8-2-1-3-9-18/h1-3,8-9,16,19-20H,4-7,10-15,17H2,(H,24,28)(H,25,26). The molecule has 1 unspecified atom stereocenters. The molecule has 150 valence electrons. The maximum absolute atomic E-state index is 12.4. The molecule has 1 aliphatic carbocycles. The summed E-state index contributed by atoms with van der Waals surface area (Å²) in [6.45, 7) is 3.36. The van der Waals surface area contributed by atoms with Crippen LogP contribution in [0.3, 0.4) is 0 Å². The molecule has 2 aliphatic rings. The fourth-order valence-electron chi connectivity index (χ4n) is 4.66. The molecule has 2 heterocycles. The van der Waals surface area contributed by atoms with Gasteiger partial charge in [0.2, 0.25) is 0 Å². The third-order valence-corrected chi connectivity index (χ3v) is 6.25. The normalized spacial score (nSPS) is 21.1. The summed E-state index contributed by atoms with van der Waals surface area (Å²) in [5.41, 5.74) is 3.08. The van der Waals surface area contributed by atoms with Gasteiger partial charge >= 0.3 is 0 Å². The van der Waals surface area contributed by atoms with Gasteiger partial charge in [-0.3, -0.25) is 9.89 Å². The summed E-state index contributed by atoms with van der Waals surface area (Å²) in [7, 11) is 0. The second-order valence-corrected chi connectivity index (χ2v) is 8.39. The van der Waals surface area contributed by atoms with E-state index < -0.39 is 0 Å². The van der Waals surface area contributed by atoms with E-state index in [0.717, 1.165) is 38.0 Å². The van der Waals surface area contributed by atoms with Crippen LogP contribution in [0, 0.1) is 0 Å². The summed E-state index contributed by atoms with van der Waals surface area (Å²) >= 11 is 0. The number of H-pyrrole nitrogens is 1. The van der Waals surface area contributed by atoms with Crippen molar-refractivity contribution in [2.24, 2.45) is 0 Å². The molecule has 5 nitrogen and oxygen atoms in total. The van der Waals surface area contributed by atoms with Crippen LogP contribution < -0.4 is 5.32 Å². The highest BCUT2D eigenvalue weighted by Crippen LogP contribution is 2.26. The number of aromatic nitrogens is 2. The predicted molar refractivity (Wildman–Crippen MR) is 111 cm³/mol. The van der Waals surface area contributed by atoms with E-state index in [1.54, 1.807) is 0 Å². The molecule has 5 heteroatoms. The van der Waals surface area contributed by atoms with Crippen LogP contribution in [0.4, 0.5) is 0 Å². The number of piperidine rings is 1. The van der Waals surface area contributed by atoms with Gasteiger partial charge in [-0.1, -0.05) is 43.2 Å². The molecule has 4 rings (SSSR count). The van der Waals surface area contributed by atoms with E-state index >= 15 is 0 Å². The van der Waals surface area contributed by atoms with Crippen molar-refractivity contribution in [1.82, 2.24) is 20.4 Å². The molecule has 1 aromatic carbocycles. The zero-order chi connectivity index (χ0) is 19.2. The fraction of sp³-hybridized carbons (Fsp3) is 0.565. The van der Waals surface area contributed by atoms with Crippen LogP contribution in [0.25, 0.3) is 0 Å². The third-order valence-electron chi connectivity index (χ3n) is 6.25. The Kier molecular flexibility index (Phi) is 6.42. The summed E-state index contributed by atoms with van der Waals surface area (Å²) in [4.78, 5) is 15.0. The van der Waals surface area contributed by atoms with E-state index in [4.69, 9.17) is 0 Å². The van der Waals surface area contributed by atoms with Crippen LogP contribution in [0.2, 0.25) is 0 Å². The predicted octanol–water partition coefficient (Wildman–Crippen LogP) is 3.89. The first-order chi connectivity index (χ1) is 13.8. The number of amides is 1. The van der Waals surface area contributed by atoms with E-state index in [2.05, 4.69) is 50.7 Å². The number of nitrogens with zero attached hydrogens (tertiary/aromatic N) is 2. The van der Waals surface area contributed by atoms with Crippen LogP contribution in [-0.2, 0) is 6.42 Å². The molecular weight excluding hydrogens is 348 g/mol. The number of carbonyl (C=O) groups excluding carboxylic acids is 1. The fourth-order valence-corrected chi connectivity index (χ4v) is 4.66. The van der Waals surface area contributed by atoms with Crippen molar-refractivity contribution in [2.75, 3.05) is 19.6 Å². The number of hydrogen-bond acceptors (Lipinski definition) is 3. The van der Waals surface area contributed by atoms with Crippen LogP contribution in [-0.4, -0.2) is 46.7 Å². The van der Waals surface area contributed by atoms with Gasteiger partial charge in [-0.05, 0) is 63.2 Å². The molecule has 1 atom stereocenters. The largest absolute Gasteiger partial charge is 0.348 e. The Labute approximate surface area is 167 Å². The van der Waals surface area contributed by atoms with Crippen LogP contribution in [0.1, 0.15) is 72.6 Å². The number of aromatic amines is 1. The molecule has 2 N–H and O–H groups in total. The van der Waals surface area contributed by atoms with Crippen LogP contribution in [0.15, 0.2) is 36.4 Å². The Balaban J connectivity index is 1.27. The summed E-state index contributed by atoms with van der Waals surface area (Å²) in [6.07, 6.45) is 9.34. The van der Waals surface area contributed by atoms with E-state index in [1.165, 1.54) is 44.2 Å². The number of likely N-dealkylation sites (tertiary alicyclic amines) is 1. The highest BCUT2D eigenvalue weighted by molar-refractivity contribution is 5.92. The lowest BCUT2D eigenvalue weighted by atomic mass is 9.94. The smallest absolute Gasteiger partial charge is 0.271 e. The van der Waals surface area contributed by atoms with Gasteiger partial charge in [-0.25, -0.2) is 0 Å². The van der Waals surface area contributed by atoms with E-state index in [9.17, 15) is 4.79 Å². The Morgan fingerprint density at radius 3 is 2.79 bits per heavy atom. The first-order valence-electron chi connectivity index (χ1n) is 10.9. The van der Waals surface area contributed by atoms with Crippen molar-refractivity contribution in [1.29, 1.82) is 0 Å². The third kappa shape index (κ3) is 5.02. The topological polar surface area (TPSA) is 61.0 Å². The number of aryl methyl sites for hydroxylation is 1. The van der Waals surface area contributed by atoms with Crippen molar-refractivity contribution >= 4 is 5.91 Å². The highest BCUT2D eigenvalue weighted by atomic mass is 16.2. The van der Waals surface area contributed by atoms with Crippen molar-refractivity contribution < 1.29 is 4.79 Å². The van der Waals surface area contributed by atoms with E-state index in [-0.39, 0.29) is 5.91 Å². The lowest BCUT2D eigenvalue weighted by Gasteiger charge is -2.32. The molecule has 1 aromatic heterocycles. The zero-order valence-corrected chi connectivity index (χ0v) is 16.7. The van der Waals surface area contributed by atoms with Crippen LogP contribution >= 0.6 is 0 Å². The van der Waals surface area contributed by atoms with Gasteiger partial charge in [0, 0.05) is 24.2 Å². The lowest BCUT2D eigenvalue weighted by molar-refractivity contribution is 0.0933. The van der Waals surface area contributed by atoms with Crippen LogP contribution in [0.5, 0.6) is 0 Å². The average molecular weight is 381 g/mol. The highest BCUT2D eigenvalue weighted by Gasteiger charge is 2.25.